The fraction of sp³-hybridized carbons (Fsp3) is 0.435. The van der Waals surface area contributed by atoms with Gasteiger partial charge in [-0.25, -0.2) is 0 Å². The normalized spacial score (nSPS) is 21.0. The van der Waals surface area contributed by atoms with E-state index in [-0.39, 0.29) is 30.2 Å². The SMILES string of the molecule is O=C(NC1CCN(C(=O)c2ccco2)CC1)C1CC(=O)N(c2ccc3c(c2)OCCO3)C1. The number of anilines is 1. The van der Waals surface area contributed by atoms with Gasteiger partial charge in [-0.3, -0.25) is 14.4 Å². The maximum Gasteiger partial charge on any atom is 0.289 e. The van der Waals surface area contributed by atoms with Gasteiger partial charge in [-0.1, -0.05) is 0 Å². The molecule has 0 bridgehead atoms. The summed E-state index contributed by atoms with van der Waals surface area (Å²) in [6.45, 7) is 2.42. The Labute approximate surface area is 185 Å². The number of nitrogens with zero attached hydrogens (tertiary/aromatic N) is 2. The second-order valence-corrected chi connectivity index (χ2v) is 8.29. The summed E-state index contributed by atoms with van der Waals surface area (Å²) in [6, 6.07) is 8.73. The van der Waals surface area contributed by atoms with E-state index in [1.165, 1.54) is 6.26 Å². The summed E-state index contributed by atoms with van der Waals surface area (Å²) in [6.07, 6.45) is 3.00. The molecule has 1 aromatic carbocycles. The molecule has 1 unspecified atom stereocenters. The number of hydrogen-bond acceptors (Lipinski definition) is 6. The first-order valence-corrected chi connectivity index (χ1v) is 10.9. The minimum atomic E-state index is -0.404. The van der Waals surface area contributed by atoms with Crippen LogP contribution in [0.1, 0.15) is 29.8 Å². The first-order chi connectivity index (χ1) is 15.6. The van der Waals surface area contributed by atoms with E-state index in [1.807, 2.05) is 6.07 Å². The molecule has 168 valence electrons. The molecule has 32 heavy (non-hydrogen) atoms. The molecule has 1 atom stereocenters. The minimum Gasteiger partial charge on any atom is -0.486 e. The zero-order valence-electron chi connectivity index (χ0n) is 17.6. The molecule has 5 rings (SSSR count). The lowest BCUT2D eigenvalue weighted by atomic mass is 10.0. The summed E-state index contributed by atoms with van der Waals surface area (Å²) < 4.78 is 16.3. The van der Waals surface area contributed by atoms with Crippen molar-refractivity contribution in [2.75, 3.05) is 37.7 Å². The summed E-state index contributed by atoms with van der Waals surface area (Å²) in [7, 11) is 0. The smallest absolute Gasteiger partial charge is 0.289 e. The van der Waals surface area contributed by atoms with Crippen molar-refractivity contribution in [3.63, 3.8) is 0 Å². The molecule has 9 heteroatoms. The van der Waals surface area contributed by atoms with Gasteiger partial charge in [0.05, 0.1) is 12.2 Å². The third-order valence-electron chi connectivity index (χ3n) is 6.19. The molecular weight excluding hydrogens is 414 g/mol. The molecule has 0 aliphatic carbocycles. The fourth-order valence-corrected chi connectivity index (χ4v) is 4.43. The van der Waals surface area contributed by atoms with Crippen molar-refractivity contribution in [1.29, 1.82) is 0 Å². The minimum absolute atomic E-state index is 0.0124. The fourth-order valence-electron chi connectivity index (χ4n) is 4.43. The third kappa shape index (κ3) is 4.02. The molecule has 2 fully saturated rings. The highest BCUT2D eigenvalue weighted by atomic mass is 16.6. The van der Waals surface area contributed by atoms with E-state index < -0.39 is 5.92 Å². The van der Waals surface area contributed by atoms with Crippen LogP contribution in [-0.4, -0.2) is 61.5 Å². The number of amides is 3. The van der Waals surface area contributed by atoms with E-state index in [9.17, 15) is 14.4 Å². The Morgan fingerprint density at radius 3 is 2.56 bits per heavy atom. The second-order valence-electron chi connectivity index (χ2n) is 8.29. The number of hydrogen-bond donors (Lipinski definition) is 1. The lowest BCUT2D eigenvalue weighted by Crippen LogP contribution is -2.48. The summed E-state index contributed by atoms with van der Waals surface area (Å²) >= 11 is 0. The summed E-state index contributed by atoms with van der Waals surface area (Å²) in [5.41, 5.74) is 0.708. The molecule has 0 spiro atoms. The molecule has 2 aromatic rings. The van der Waals surface area contributed by atoms with Crippen LogP contribution < -0.4 is 19.7 Å². The van der Waals surface area contributed by atoms with Crippen LogP contribution in [0.15, 0.2) is 41.0 Å². The van der Waals surface area contributed by atoms with Gasteiger partial charge in [0.25, 0.3) is 5.91 Å². The van der Waals surface area contributed by atoms with E-state index in [2.05, 4.69) is 5.32 Å². The summed E-state index contributed by atoms with van der Waals surface area (Å²) in [5, 5.41) is 3.07. The van der Waals surface area contributed by atoms with Gasteiger partial charge in [0.1, 0.15) is 13.2 Å². The predicted molar refractivity (Wildman–Crippen MR) is 114 cm³/mol. The van der Waals surface area contributed by atoms with Crippen molar-refractivity contribution in [3.05, 3.63) is 42.4 Å². The number of nitrogens with one attached hydrogen (secondary N) is 1. The van der Waals surface area contributed by atoms with Crippen molar-refractivity contribution in [3.8, 4) is 11.5 Å². The monoisotopic (exact) mass is 439 g/mol. The Balaban J connectivity index is 1.15. The largest absolute Gasteiger partial charge is 0.486 e. The van der Waals surface area contributed by atoms with E-state index in [1.54, 1.807) is 34.1 Å². The molecule has 0 saturated carbocycles. The molecule has 2 saturated heterocycles. The highest BCUT2D eigenvalue weighted by Gasteiger charge is 2.37. The number of fused-ring (bicyclic) bond motifs is 1. The maximum absolute atomic E-state index is 12.8. The van der Waals surface area contributed by atoms with Crippen molar-refractivity contribution in [1.82, 2.24) is 10.2 Å². The standard InChI is InChI=1S/C23H25N3O6/c27-21-12-15(14-26(21)17-3-4-18-20(13-17)32-11-10-31-18)22(28)24-16-5-7-25(8-6-16)23(29)19-2-1-9-30-19/h1-4,9,13,15-16H,5-8,10-12,14H2,(H,24,28). The quantitative estimate of drug-likeness (QED) is 0.780. The number of carbonyl (C=O) groups excluding carboxylic acids is 3. The van der Waals surface area contributed by atoms with Gasteiger partial charge in [-0.15, -0.1) is 0 Å². The van der Waals surface area contributed by atoms with Gasteiger partial charge in [0.2, 0.25) is 11.8 Å². The van der Waals surface area contributed by atoms with Crippen molar-refractivity contribution in [2.24, 2.45) is 5.92 Å². The number of benzene rings is 1. The molecule has 0 radical (unpaired) electrons. The summed E-state index contributed by atoms with van der Waals surface area (Å²) in [4.78, 5) is 41.2. The molecule has 3 aliphatic heterocycles. The van der Waals surface area contributed by atoms with Crippen LogP contribution in [0.2, 0.25) is 0 Å². The molecular formula is C23H25N3O6. The zero-order chi connectivity index (χ0) is 22.1. The number of ether oxygens (including phenoxy) is 2. The Morgan fingerprint density at radius 2 is 1.81 bits per heavy atom. The maximum atomic E-state index is 12.8. The van der Waals surface area contributed by atoms with Crippen LogP contribution in [0.3, 0.4) is 0 Å². The van der Waals surface area contributed by atoms with E-state index in [0.717, 1.165) is 0 Å². The van der Waals surface area contributed by atoms with Gasteiger partial charge in [-0.2, -0.15) is 0 Å². The average molecular weight is 439 g/mol. The Morgan fingerprint density at radius 1 is 1.03 bits per heavy atom. The topological polar surface area (TPSA) is 101 Å². The van der Waals surface area contributed by atoms with E-state index in [4.69, 9.17) is 13.9 Å². The van der Waals surface area contributed by atoms with E-state index >= 15 is 0 Å². The highest BCUT2D eigenvalue weighted by molar-refractivity contribution is 6.00. The molecule has 4 heterocycles. The predicted octanol–water partition coefficient (Wildman–Crippen LogP) is 1.82. The third-order valence-corrected chi connectivity index (χ3v) is 6.19. The van der Waals surface area contributed by atoms with Crippen LogP contribution in [0, 0.1) is 5.92 Å². The molecule has 1 aromatic heterocycles. The molecule has 3 aliphatic rings. The molecule has 9 nitrogen and oxygen atoms in total. The first kappa shape index (κ1) is 20.4. The lowest BCUT2D eigenvalue weighted by molar-refractivity contribution is -0.127. The number of rotatable bonds is 4. The highest BCUT2D eigenvalue weighted by Crippen LogP contribution is 2.36. The number of piperidine rings is 1. The second kappa shape index (κ2) is 8.57. The van der Waals surface area contributed by atoms with E-state index in [0.29, 0.717) is 68.6 Å². The van der Waals surface area contributed by atoms with Gasteiger partial charge in [0, 0.05) is 43.9 Å². The van der Waals surface area contributed by atoms with Gasteiger partial charge in [0.15, 0.2) is 17.3 Å². The zero-order valence-corrected chi connectivity index (χ0v) is 17.6. The molecule has 1 N–H and O–H groups in total. The van der Waals surface area contributed by atoms with Gasteiger partial charge >= 0.3 is 0 Å². The Hall–Kier alpha value is -3.49. The number of carbonyl (C=O) groups is 3. The van der Waals surface area contributed by atoms with Gasteiger partial charge in [-0.05, 0) is 37.1 Å². The Kier molecular flexibility index (Phi) is 5.46. The van der Waals surface area contributed by atoms with Gasteiger partial charge < -0.3 is 29.0 Å². The van der Waals surface area contributed by atoms with Crippen LogP contribution in [0.5, 0.6) is 11.5 Å². The van der Waals surface area contributed by atoms with Crippen LogP contribution >= 0.6 is 0 Å². The van der Waals surface area contributed by atoms with Crippen LogP contribution in [0.4, 0.5) is 5.69 Å². The average Bonchev–Trinajstić information content (AvgIpc) is 3.49. The number of likely N-dealkylation sites (tertiary alicyclic amines) is 1. The molecule has 3 amide bonds. The first-order valence-electron chi connectivity index (χ1n) is 10.9. The van der Waals surface area contributed by atoms with Crippen LogP contribution in [-0.2, 0) is 9.59 Å². The van der Waals surface area contributed by atoms with Crippen molar-refractivity contribution >= 4 is 23.4 Å². The number of furan rings is 1. The van der Waals surface area contributed by atoms with Crippen molar-refractivity contribution in [2.45, 2.75) is 25.3 Å². The summed E-state index contributed by atoms with van der Waals surface area (Å²) in [5.74, 6) is 0.879. The van der Waals surface area contributed by atoms with Crippen LogP contribution in [0.25, 0.3) is 0 Å². The Bertz CT molecular complexity index is 1010. The van der Waals surface area contributed by atoms with Crippen molar-refractivity contribution < 1.29 is 28.3 Å². The lowest BCUT2D eigenvalue weighted by Gasteiger charge is -2.32.